The molecule has 1 saturated heterocycles. The van der Waals surface area contributed by atoms with Crippen LogP contribution >= 0.6 is 23.2 Å². The van der Waals surface area contributed by atoms with E-state index in [9.17, 15) is 0 Å². The van der Waals surface area contributed by atoms with Gasteiger partial charge in [-0.1, -0.05) is 53.9 Å². The van der Waals surface area contributed by atoms with Gasteiger partial charge in [-0.25, -0.2) is 5.01 Å². The number of rotatable bonds is 5. The molecule has 5 rings (SSSR count). The van der Waals surface area contributed by atoms with Crippen LogP contribution < -0.4 is 0 Å². The maximum absolute atomic E-state index is 6.22. The molecule has 0 bridgehead atoms. The molecule has 0 amide bonds. The lowest BCUT2D eigenvalue weighted by molar-refractivity contribution is -0.0148. The van der Waals surface area contributed by atoms with Gasteiger partial charge in [0, 0.05) is 29.3 Å². The highest BCUT2D eigenvalue weighted by Crippen LogP contribution is 2.34. The van der Waals surface area contributed by atoms with E-state index in [1.54, 1.807) is 4.80 Å². The van der Waals surface area contributed by atoms with Gasteiger partial charge in [0.15, 0.2) is 5.82 Å². The normalized spacial score (nSPS) is 19.4. The quantitative estimate of drug-likeness (QED) is 0.508. The number of nitrogens with zero attached hydrogens (tertiary/aromatic N) is 7. The molecule has 33 heavy (non-hydrogen) atoms. The number of aromatic nitrogens is 4. The Bertz CT molecular complexity index is 1160. The van der Waals surface area contributed by atoms with Gasteiger partial charge in [0.25, 0.3) is 0 Å². The van der Waals surface area contributed by atoms with E-state index in [2.05, 4.69) is 43.8 Å². The van der Waals surface area contributed by atoms with E-state index in [1.807, 2.05) is 43.3 Å². The Balaban J connectivity index is 1.61. The summed E-state index contributed by atoms with van der Waals surface area (Å²) in [7, 11) is 0. The zero-order chi connectivity index (χ0) is 22.8. The molecule has 2 aliphatic rings. The van der Waals surface area contributed by atoms with Gasteiger partial charge in [-0.2, -0.15) is 4.80 Å². The monoisotopic (exact) mass is 481 g/mol. The third-order valence-corrected chi connectivity index (χ3v) is 6.41. The lowest BCUT2D eigenvalue weighted by Crippen LogP contribution is -2.48. The van der Waals surface area contributed by atoms with Crippen molar-refractivity contribution < 1.29 is 0 Å². The summed E-state index contributed by atoms with van der Waals surface area (Å²) >= 11 is 12.4. The van der Waals surface area contributed by atoms with Gasteiger partial charge in [0.2, 0.25) is 0 Å². The third kappa shape index (κ3) is 4.95. The lowest BCUT2D eigenvalue weighted by atomic mass is 9.94. The number of allylic oxidation sites excluding steroid dienone is 1. The average molecular weight is 482 g/mol. The second kappa shape index (κ2) is 9.63. The van der Waals surface area contributed by atoms with Crippen molar-refractivity contribution in [2.45, 2.75) is 38.8 Å². The summed E-state index contributed by atoms with van der Waals surface area (Å²) in [6.45, 7) is 4.28. The first-order valence-corrected chi connectivity index (χ1v) is 11.9. The molecule has 9 heteroatoms. The van der Waals surface area contributed by atoms with E-state index in [0.29, 0.717) is 22.4 Å². The smallest absolute Gasteiger partial charge is 0.171 e. The fraction of sp³-hybridized carbons (Fsp3) is 0.333. The van der Waals surface area contributed by atoms with Gasteiger partial charge >= 0.3 is 0 Å². The molecule has 2 aromatic carbocycles. The fourth-order valence-electron chi connectivity index (χ4n) is 4.36. The summed E-state index contributed by atoms with van der Waals surface area (Å²) in [6, 6.07) is 15.8. The highest BCUT2D eigenvalue weighted by atomic mass is 35.5. The molecule has 1 fully saturated rings. The summed E-state index contributed by atoms with van der Waals surface area (Å²) in [5.74, 6) is 0.639. The van der Waals surface area contributed by atoms with Crippen LogP contribution in [0.25, 0.3) is 0 Å². The first-order valence-electron chi connectivity index (χ1n) is 11.1. The van der Waals surface area contributed by atoms with Crippen molar-refractivity contribution in [1.29, 1.82) is 0 Å². The van der Waals surface area contributed by atoms with Gasteiger partial charge in [0.05, 0.1) is 11.4 Å². The molecule has 0 radical (unpaired) electrons. The predicted molar refractivity (Wildman–Crippen MR) is 130 cm³/mol. The Morgan fingerprint density at radius 1 is 0.909 bits per heavy atom. The number of halogens is 2. The standard InChI is InChI=1S/C24H25Cl2N7/c1-17-28-30-33(29-17)16-22-15-32(31-13-3-2-4-14-31)24(19-7-11-21(26)12-8-19)23(27-22)18-5-9-20(25)10-6-18/h5-12,15,24H,2-4,13-14,16H2,1H3. The molecule has 0 N–H and O–H groups in total. The number of benzene rings is 2. The van der Waals surface area contributed by atoms with E-state index < -0.39 is 0 Å². The van der Waals surface area contributed by atoms with Crippen LogP contribution in [0.2, 0.25) is 10.0 Å². The minimum atomic E-state index is -0.0873. The Morgan fingerprint density at radius 3 is 2.21 bits per heavy atom. The molecule has 1 unspecified atom stereocenters. The average Bonchev–Trinajstić information content (AvgIpc) is 3.25. The van der Waals surface area contributed by atoms with Gasteiger partial charge in [-0.15, -0.1) is 10.2 Å². The maximum atomic E-state index is 6.22. The van der Waals surface area contributed by atoms with Crippen LogP contribution in [-0.4, -0.2) is 49.0 Å². The number of hydrazine groups is 1. The zero-order valence-electron chi connectivity index (χ0n) is 18.4. The molecule has 7 nitrogen and oxygen atoms in total. The first-order chi connectivity index (χ1) is 16.1. The van der Waals surface area contributed by atoms with Crippen molar-refractivity contribution in [3.63, 3.8) is 0 Å². The van der Waals surface area contributed by atoms with Crippen LogP contribution in [0.4, 0.5) is 0 Å². The molecule has 170 valence electrons. The number of aryl methyl sites for hydroxylation is 1. The predicted octanol–water partition coefficient (Wildman–Crippen LogP) is 5.08. The Kier molecular flexibility index (Phi) is 6.44. The summed E-state index contributed by atoms with van der Waals surface area (Å²) in [4.78, 5) is 6.70. The molecule has 3 aromatic rings. The Hall–Kier alpha value is -2.74. The maximum Gasteiger partial charge on any atom is 0.171 e. The number of hydrogen-bond acceptors (Lipinski definition) is 6. The number of aliphatic imine (C=N–C) groups is 1. The second-order valence-electron chi connectivity index (χ2n) is 8.34. The molecule has 1 atom stereocenters. The topological polar surface area (TPSA) is 62.4 Å². The number of piperidine rings is 1. The van der Waals surface area contributed by atoms with E-state index >= 15 is 0 Å². The van der Waals surface area contributed by atoms with Crippen molar-refractivity contribution >= 4 is 28.9 Å². The summed E-state index contributed by atoms with van der Waals surface area (Å²) in [6.07, 6.45) is 5.73. The summed E-state index contributed by atoms with van der Waals surface area (Å²) in [5, 5.41) is 18.7. The van der Waals surface area contributed by atoms with Crippen molar-refractivity contribution in [3.8, 4) is 0 Å². The van der Waals surface area contributed by atoms with Crippen molar-refractivity contribution in [3.05, 3.63) is 87.4 Å². The third-order valence-electron chi connectivity index (χ3n) is 5.91. The largest absolute Gasteiger partial charge is 0.298 e. The SMILES string of the molecule is Cc1nnn(CC2=CN(N3CCCCC3)C(c3ccc(Cl)cc3)C(c3ccc(Cl)cc3)=N2)n1. The molecule has 0 aliphatic carbocycles. The minimum Gasteiger partial charge on any atom is -0.298 e. The van der Waals surface area contributed by atoms with Gasteiger partial charge in [-0.05, 0) is 60.4 Å². The summed E-state index contributed by atoms with van der Waals surface area (Å²) in [5.41, 5.74) is 3.97. The molecule has 0 saturated carbocycles. The second-order valence-corrected chi connectivity index (χ2v) is 9.21. The van der Waals surface area contributed by atoms with Crippen molar-refractivity contribution in [2.75, 3.05) is 13.1 Å². The highest BCUT2D eigenvalue weighted by molar-refractivity contribution is 6.31. The van der Waals surface area contributed by atoms with Crippen LogP contribution in [0.1, 0.15) is 42.3 Å². The van der Waals surface area contributed by atoms with Crippen LogP contribution in [-0.2, 0) is 6.54 Å². The minimum absolute atomic E-state index is 0.0873. The van der Waals surface area contributed by atoms with E-state index in [1.165, 1.54) is 19.3 Å². The zero-order valence-corrected chi connectivity index (χ0v) is 19.9. The van der Waals surface area contributed by atoms with E-state index in [-0.39, 0.29) is 6.04 Å². The van der Waals surface area contributed by atoms with E-state index in [0.717, 1.165) is 35.6 Å². The van der Waals surface area contributed by atoms with Gasteiger partial charge < -0.3 is 0 Å². The molecule has 1 aromatic heterocycles. The number of tetrazole rings is 1. The number of hydrogen-bond donors (Lipinski definition) is 0. The van der Waals surface area contributed by atoms with Crippen LogP contribution in [0.15, 0.2) is 65.4 Å². The molecule has 0 spiro atoms. The van der Waals surface area contributed by atoms with E-state index in [4.69, 9.17) is 28.2 Å². The molecular formula is C24H25Cl2N7. The van der Waals surface area contributed by atoms with Crippen molar-refractivity contribution in [1.82, 2.24) is 30.2 Å². The van der Waals surface area contributed by atoms with Crippen LogP contribution in [0.5, 0.6) is 0 Å². The fourth-order valence-corrected chi connectivity index (χ4v) is 4.61. The molecule has 2 aliphatic heterocycles. The molecule has 3 heterocycles. The van der Waals surface area contributed by atoms with Gasteiger partial charge in [-0.3, -0.25) is 10.0 Å². The molecular weight excluding hydrogens is 457 g/mol. The Labute approximate surface area is 203 Å². The lowest BCUT2D eigenvalue weighted by Gasteiger charge is -2.44. The summed E-state index contributed by atoms with van der Waals surface area (Å²) < 4.78 is 0. The van der Waals surface area contributed by atoms with Gasteiger partial charge in [0.1, 0.15) is 12.6 Å². The van der Waals surface area contributed by atoms with Crippen molar-refractivity contribution in [2.24, 2.45) is 4.99 Å². The van der Waals surface area contributed by atoms with Crippen LogP contribution in [0, 0.1) is 6.92 Å². The first kappa shape index (κ1) is 22.1. The Morgan fingerprint density at radius 2 is 1.58 bits per heavy atom. The van der Waals surface area contributed by atoms with Crippen LogP contribution in [0.3, 0.4) is 0 Å². The highest BCUT2D eigenvalue weighted by Gasteiger charge is 2.33.